The summed E-state index contributed by atoms with van der Waals surface area (Å²) < 4.78 is 19.8. The second kappa shape index (κ2) is 23.8. The number of hydrogen-bond donors (Lipinski definition) is 0. The standard InChI is InChI=1S/C40H65O4P.Li.H/c1-10-16-19-32(13-4)26-42-35-24-36(43-27-33(14-5)20-17-11-2)39(37(25-35)44-28-34(15-6)21-18-12-3)45-40(41)38-30(8)22-29(7)23-31(38)9;;/h22-25,32-34,45H,10-21,26-28H2,1-9H3;;. The first-order chi connectivity index (χ1) is 21.7. The summed E-state index contributed by atoms with van der Waals surface area (Å²) in [5.74, 6) is 3.74. The number of carbonyl (C=O) groups is 1. The molecule has 4 unspecified atom stereocenters. The number of rotatable bonds is 24. The second-order valence-corrected chi connectivity index (χ2v) is 14.4. The van der Waals surface area contributed by atoms with E-state index in [0.717, 1.165) is 71.3 Å². The molecule has 2 rings (SSSR count). The number of benzene rings is 2. The van der Waals surface area contributed by atoms with Crippen LogP contribution in [0.4, 0.5) is 0 Å². The first kappa shape index (κ1) is 42.6. The van der Waals surface area contributed by atoms with E-state index in [0.29, 0.717) is 37.6 Å². The molecule has 46 heavy (non-hydrogen) atoms. The normalized spacial score (nSPS) is 13.3. The SMILES string of the molecule is CCCCC(CC)COc1cc(OCC(CC)CCCC)c(PC(=O)c2c(C)cc(C)cc2C)c(OCC(CC)CCCC)c1.[LiH]. The van der Waals surface area contributed by atoms with Crippen LogP contribution in [0.5, 0.6) is 17.2 Å². The Kier molecular flexibility index (Phi) is 22.0. The van der Waals surface area contributed by atoms with Crippen LogP contribution in [0.1, 0.15) is 146 Å². The maximum absolute atomic E-state index is 14.1. The van der Waals surface area contributed by atoms with Crippen molar-refractivity contribution < 1.29 is 19.0 Å². The average molecular weight is 649 g/mol. The molecule has 0 amide bonds. The summed E-state index contributed by atoms with van der Waals surface area (Å²) in [4.78, 5) is 14.1. The molecule has 0 bridgehead atoms. The van der Waals surface area contributed by atoms with E-state index in [-0.39, 0.29) is 33.0 Å². The van der Waals surface area contributed by atoms with Gasteiger partial charge < -0.3 is 14.2 Å². The van der Waals surface area contributed by atoms with Crippen LogP contribution < -0.4 is 19.5 Å². The Morgan fingerprint density at radius 2 is 1.02 bits per heavy atom. The van der Waals surface area contributed by atoms with Crippen molar-refractivity contribution in [2.75, 3.05) is 19.8 Å². The van der Waals surface area contributed by atoms with Crippen molar-refractivity contribution in [1.29, 1.82) is 0 Å². The Bertz CT molecular complexity index is 1090. The Labute approximate surface area is 296 Å². The van der Waals surface area contributed by atoms with E-state index in [1.54, 1.807) is 0 Å². The van der Waals surface area contributed by atoms with Crippen molar-refractivity contribution >= 4 is 38.3 Å². The van der Waals surface area contributed by atoms with E-state index in [1.807, 2.05) is 26.0 Å². The summed E-state index contributed by atoms with van der Waals surface area (Å²) >= 11 is 0. The van der Waals surface area contributed by atoms with Crippen LogP contribution in [0, 0.1) is 38.5 Å². The van der Waals surface area contributed by atoms with E-state index in [4.69, 9.17) is 14.2 Å². The van der Waals surface area contributed by atoms with Gasteiger partial charge in [-0.3, -0.25) is 4.79 Å². The quantitative estimate of drug-likeness (QED) is 0.0839. The number of ether oxygens (including phenoxy) is 3. The Morgan fingerprint density at radius 1 is 0.630 bits per heavy atom. The van der Waals surface area contributed by atoms with Gasteiger partial charge in [-0.25, -0.2) is 0 Å². The Morgan fingerprint density at radius 3 is 1.39 bits per heavy atom. The van der Waals surface area contributed by atoms with Gasteiger partial charge in [-0.2, -0.15) is 0 Å². The minimum atomic E-state index is -0.0977. The number of carbonyl (C=O) groups excluding carboxylic acids is 1. The van der Waals surface area contributed by atoms with E-state index in [9.17, 15) is 4.79 Å². The molecule has 256 valence electrons. The molecule has 0 N–H and O–H groups in total. The molecule has 0 aromatic heterocycles. The Hall–Kier alpha value is -1.46. The molecular weight excluding hydrogens is 582 g/mol. The third-order valence-corrected chi connectivity index (χ3v) is 10.5. The topological polar surface area (TPSA) is 44.8 Å². The molecule has 0 radical (unpaired) electrons. The Balaban J connectivity index is 0.0000106. The molecule has 0 saturated carbocycles. The van der Waals surface area contributed by atoms with Gasteiger partial charge in [0.05, 0.1) is 25.1 Å². The molecule has 2 aromatic rings. The number of hydrogen-bond acceptors (Lipinski definition) is 4. The van der Waals surface area contributed by atoms with Crippen molar-refractivity contribution in [1.82, 2.24) is 0 Å². The second-order valence-electron chi connectivity index (χ2n) is 13.2. The molecule has 2 aromatic carbocycles. The fourth-order valence-electron chi connectivity index (χ4n) is 6.04. The molecule has 6 heteroatoms. The van der Waals surface area contributed by atoms with Crippen LogP contribution in [0.2, 0.25) is 0 Å². The zero-order chi connectivity index (χ0) is 33.2. The fourth-order valence-corrected chi connectivity index (χ4v) is 7.32. The van der Waals surface area contributed by atoms with Crippen LogP contribution in [0.3, 0.4) is 0 Å². The predicted molar refractivity (Wildman–Crippen MR) is 203 cm³/mol. The maximum atomic E-state index is 14.1. The predicted octanol–water partition coefficient (Wildman–Crippen LogP) is 10.9. The molecule has 0 spiro atoms. The summed E-state index contributed by atoms with van der Waals surface area (Å²) in [6, 6.07) is 8.28. The number of aryl methyl sites for hydroxylation is 3. The van der Waals surface area contributed by atoms with Gasteiger partial charge in [-0.1, -0.05) is 117 Å². The van der Waals surface area contributed by atoms with Crippen molar-refractivity contribution in [3.63, 3.8) is 0 Å². The van der Waals surface area contributed by atoms with Crippen LogP contribution in [0.15, 0.2) is 24.3 Å². The number of unbranched alkanes of at least 4 members (excludes halogenated alkanes) is 3. The van der Waals surface area contributed by atoms with Crippen LogP contribution >= 0.6 is 8.58 Å². The monoisotopic (exact) mass is 648 g/mol. The van der Waals surface area contributed by atoms with Crippen LogP contribution in [-0.2, 0) is 0 Å². The van der Waals surface area contributed by atoms with Crippen molar-refractivity contribution in [3.05, 3.63) is 46.5 Å². The van der Waals surface area contributed by atoms with Gasteiger partial charge in [0.2, 0.25) is 0 Å². The first-order valence-electron chi connectivity index (χ1n) is 18.2. The summed E-state index contributed by atoms with van der Waals surface area (Å²) in [6.07, 6.45) is 13.9. The molecule has 0 fully saturated rings. The zero-order valence-corrected chi connectivity index (χ0v) is 31.3. The van der Waals surface area contributed by atoms with Gasteiger partial charge in [0, 0.05) is 17.7 Å². The van der Waals surface area contributed by atoms with Gasteiger partial charge in [-0.15, -0.1) is 0 Å². The summed E-state index contributed by atoms with van der Waals surface area (Å²) in [6.45, 7) is 21.6. The summed E-state index contributed by atoms with van der Waals surface area (Å²) in [5.41, 5.74) is 4.20. The first-order valence-corrected chi connectivity index (χ1v) is 19.2. The van der Waals surface area contributed by atoms with Crippen molar-refractivity contribution in [2.24, 2.45) is 17.8 Å². The molecule has 0 saturated heterocycles. The van der Waals surface area contributed by atoms with E-state index in [2.05, 4.69) is 60.6 Å². The summed E-state index contributed by atoms with van der Waals surface area (Å²) in [7, 11) is -0.0977. The van der Waals surface area contributed by atoms with E-state index < -0.39 is 0 Å². The molecule has 0 aliphatic rings. The molecular formula is C40H66LiO4P. The molecule has 4 nitrogen and oxygen atoms in total. The van der Waals surface area contributed by atoms with Gasteiger partial charge in [0.15, 0.2) is 5.52 Å². The third kappa shape index (κ3) is 14.3. The van der Waals surface area contributed by atoms with Crippen molar-refractivity contribution in [3.8, 4) is 17.2 Å². The molecule has 0 aliphatic carbocycles. The molecule has 0 heterocycles. The van der Waals surface area contributed by atoms with Gasteiger partial charge in [-0.05, 0) is 77.5 Å². The van der Waals surface area contributed by atoms with Crippen LogP contribution in [-0.4, -0.2) is 44.2 Å². The molecule has 4 atom stereocenters. The van der Waals surface area contributed by atoms with Crippen LogP contribution in [0.25, 0.3) is 0 Å². The molecule has 0 aliphatic heterocycles. The third-order valence-electron chi connectivity index (χ3n) is 9.25. The van der Waals surface area contributed by atoms with Gasteiger partial charge in [0.1, 0.15) is 17.2 Å². The fraction of sp³-hybridized carbons (Fsp3) is 0.675. The van der Waals surface area contributed by atoms with Crippen molar-refractivity contribution in [2.45, 2.75) is 139 Å². The van der Waals surface area contributed by atoms with Gasteiger partial charge >= 0.3 is 18.9 Å². The minimum absolute atomic E-state index is 0. The van der Waals surface area contributed by atoms with E-state index >= 15 is 0 Å². The average Bonchev–Trinajstić information content (AvgIpc) is 3.01. The van der Waals surface area contributed by atoms with E-state index in [1.165, 1.54) is 50.5 Å². The zero-order valence-electron chi connectivity index (χ0n) is 30.3. The summed E-state index contributed by atoms with van der Waals surface area (Å²) in [5, 5.41) is 0.875. The van der Waals surface area contributed by atoms with Gasteiger partial charge in [0.25, 0.3) is 0 Å².